The van der Waals surface area contributed by atoms with Crippen molar-refractivity contribution in [2.45, 2.75) is 38.3 Å². The molecule has 0 radical (unpaired) electrons. The van der Waals surface area contributed by atoms with E-state index in [2.05, 4.69) is 12.2 Å². The lowest BCUT2D eigenvalue weighted by atomic mass is 10.00. The van der Waals surface area contributed by atoms with Gasteiger partial charge in [0.1, 0.15) is 23.4 Å². The second kappa shape index (κ2) is 7.24. The first-order valence-corrected chi connectivity index (χ1v) is 9.48. The molecule has 27 heavy (non-hydrogen) atoms. The Hall–Kier alpha value is -2.53. The Labute approximate surface area is 159 Å². The number of fused-ring (bicyclic) bond motifs is 3. The molecule has 2 aliphatic rings. The number of hydrogen-bond donors (Lipinski definition) is 1. The molecule has 1 fully saturated rings. The molecule has 142 valence electrons. The summed E-state index contributed by atoms with van der Waals surface area (Å²) in [5.74, 6) is 1.93. The van der Waals surface area contributed by atoms with Crippen LogP contribution in [-0.2, 0) is 0 Å². The van der Waals surface area contributed by atoms with Gasteiger partial charge in [-0.25, -0.2) is 0 Å². The number of ketones is 1. The normalized spacial score (nSPS) is 19.2. The second-order valence-corrected chi connectivity index (χ2v) is 7.14. The molecule has 0 aromatic heterocycles. The van der Waals surface area contributed by atoms with Crippen molar-refractivity contribution in [2.24, 2.45) is 0 Å². The SMILES string of the molecule is COc1cc(OC)c2c(c1)C(=O)c1cccc(OC(C)C3CCCCN3)c1-2. The van der Waals surface area contributed by atoms with Gasteiger partial charge >= 0.3 is 0 Å². The lowest BCUT2D eigenvalue weighted by molar-refractivity contribution is 0.104. The number of benzene rings is 2. The first kappa shape index (κ1) is 17.9. The van der Waals surface area contributed by atoms with Gasteiger partial charge in [-0.3, -0.25) is 4.79 Å². The van der Waals surface area contributed by atoms with Gasteiger partial charge in [-0.15, -0.1) is 0 Å². The van der Waals surface area contributed by atoms with Gasteiger partial charge in [-0.2, -0.15) is 0 Å². The highest BCUT2D eigenvalue weighted by Gasteiger charge is 2.34. The zero-order chi connectivity index (χ0) is 19.0. The molecule has 0 amide bonds. The number of carbonyl (C=O) groups is 1. The molecule has 1 heterocycles. The number of hydrogen-bond acceptors (Lipinski definition) is 5. The van der Waals surface area contributed by atoms with E-state index >= 15 is 0 Å². The highest BCUT2D eigenvalue weighted by atomic mass is 16.5. The third-order valence-electron chi connectivity index (χ3n) is 5.52. The minimum Gasteiger partial charge on any atom is -0.497 e. The highest BCUT2D eigenvalue weighted by molar-refractivity contribution is 6.23. The monoisotopic (exact) mass is 367 g/mol. The predicted molar refractivity (Wildman–Crippen MR) is 104 cm³/mol. The maximum atomic E-state index is 13.0. The summed E-state index contributed by atoms with van der Waals surface area (Å²) in [6.07, 6.45) is 3.55. The van der Waals surface area contributed by atoms with Gasteiger partial charge in [0.25, 0.3) is 0 Å². The van der Waals surface area contributed by atoms with Gasteiger partial charge in [0.15, 0.2) is 5.78 Å². The summed E-state index contributed by atoms with van der Waals surface area (Å²) in [6, 6.07) is 9.57. The van der Waals surface area contributed by atoms with E-state index in [1.807, 2.05) is 24.3 Å². The van der Waals surface area contributed by atoms with Crippen LogP contribution in [0.5, 0.6) is 17.2 Å². The molecule has 0 saturated carbocycles. The number of methoxy groups -OCH3 is 2. The van der Waals surface area contributed by atoms with Crippen molar-refractivity contribution in [3.8, 4) is 28.4 Å². The van der Waals surface area contributed by atoms with Crippen LogP contribution in [0.15, 0.2) is 30.3 Å². The van der Waals surface area contributed by atoms with Gasteiger partial charge in [-0.05, 0) is 38.4 Å². The molecule has 1 aliphatic heterocycles. The molecular weight excluding hydrogens is 342 g/mol. The van der Waals surface area contributed by atoms with Gasteiger partial charge in [-0.1, -0.05) is 18.6 Å². The minimum absolute atomic E-state index is 0.0141. The first-order chi connectivity index (χ1) is 13.1. The summed E-state index contributed by atoms with van der Waals surface area (Å²) < 4.78 is 17.3. The fraction of sp³-hybridized carbons (Fsp3) is 0.409. The topological polar surface area (TPSA) is 56.8 Å². The van der Waals surface area contributed by atoms with Crippen LogP contribution in [-0.4, -0.2) is 38.7 Å². The molecule has 5 heteroatoms. The molecule has 0 bridgehead atoms. The Morgan fingerprint density at radius 2 is 1.85 bits per heavy atom. The maximum absolute atomic E-state index is 13.0. The average Bonchev–Trinajstić information content (AvgIpc) is 3.01. The van der Waals surface area contributed by atoms with Gasteiger partial charge in [0.05, 0.1) is 14.2 Å². The van der Waals surface area contributed by atoms with Crippen LogP contribution in [0.4, 0.5) is 0 Å². The molecule has 2 unspecified atom stereocenters. The lowest BCUT2D eigenvalue weighted by Crippen LogP contribution is -2.44. The largest absolute Gasteiger partial charge is 0.497 e. The number of ether oxygens (including phenoxy) is 3. The number of piperidine rings is 1. The fourth-order valence-electron chi connectivity index (χ4n) is 4.09. The van der Waals surface area contributed by atoms with Crippen molar-refractivity contribution in [3.63, 3.8) is 0 Å². The summed E-state index contributed by atoms with van der Waals surface area (Å²) >= 11 is 0. The van der Waals surface area contributed by atoms with Crippen LogP contribution >= 0.6 is 0 Å². The number of rotatable bonds is 5. The maximum Gasteiger partial charge on any atom is 0.194 e. The minimum atomic E-state index is -0.0221. The Morgan fingerprint density at radius 1 is 1.04 bits per heavy atom. The van der Waals surface area contributed by atoms with E-state index in [4.69, 9.17) is 14.2 Å². The smallest absolute Gasteiger partial charge is 0.194 e. The molecule has 2 aromatic carbocycles. The van der Waals surface area contributed by atoms with Crippen molar-refractivity contribution in [1.82, 2.24) is 5.32 Å². The van der Waals surface area contributed by atoms with E-state index < -0.39 is 0 Å². The van der Waals surface area contributed by atoms with Crippen molar-refractivity contribution >= 4 is 5.78 Å². The van der Waals surface area contributed by atoms with Crippen molar-refractivity contribution in [3.05, 3.63) is 41.5 Å². The molecule has 1 aliphatic carbocycles. The van der Waals surface area contributed by atoms with E-state index in [1.54, 1.807) is 20.3 Å². The molecule has 2 aromatic rings. The standard InChI is InChI=1S/C22H25NO4/c1-13(17-8-4-5-10-23-17)27-18-9-6-7-15-20(18)21-16(22(15)24)11-14(25-2)12-19(21)26-3/h6-7,9,11-13,17,23H,4-5,8,10H2,1-3H3. The fourth-order valence-corrected chi connectivity index (χ4v) is 4.09. The quantitative estimate of drug-likeness (QED) is 0.743. The Bertz CT molecular complexity index is 871. The Balaban J connectivity index is 1.76. The molecule has 1 N–H and O–H groups in total. The predicted octanol–water partition coefficient (Wildman–Crippen LogP) is 3.82. The van der Waals surface area contributed by atoms with Gasteiger partial charge in [0, 0.05) is 34.4 Å². The summed E-state index contributed by atoms with van der Waals surface area (Å²) in [4.78, 5) is 13.0. The molecule has 1 saturated heterocycles. The third-order valence-corrected chi connectivity index (χ3v) is 5.52. The zero-order valence-corrected chi connectivity index (χ0v) is 16.0. The second-order valence-electron chi connectivity index (χ2n) is 7.14. The summed E-state index contributed by atoms with van der Waals surface area (Å²) in [6.45, 7) is 3.12. The zero-order valence-electron chi connectivity index (χ0n) is 16.0. The van der Waals surface area contributed by atoms with Crippen LogP contribution in [0, 0.1) is 0 Å². The molecule has 4 rings (SSSR count). The van der Waals surface area contributed by atoms with E-state index in [0.717, 1.165) is 29.8 Å². The van der Waals surface area contributed by atoms with E-state index in [-0.39, 0.29) is 11.9 Å². The van der Waals surface area contributed by atoms with Crippen molar-refractivity contribution < 1.29 is 19.0 Å². The van der Waals surface area contributed by atoms with Crippen LogP contribution in [0.3, 0.4) is 0 Å². The van der Waals surface area contributed by atoms with E-state index in [1.165, 1.54) is 12.8 Å². The van der Waals surface area contributed by atoms with E-state index in [9.17, 15) is 4.79 Å². The molecular formula is C22H25NO4. The number of carbonyl (C=O) groups excluding carboxylic acids is 1. The van der Waals surface area contributed by atoms with Crippen LogP contribution < -0.4 is 19.5 Å². The number of nitrogens with one attached hydrogen (secondary N) is 1. The van der Waals surface area contributed by atoms with Crippen LogP contribution in [0.25, 0.3) is 11.1 Å². The van der Waals surface area contributed by atoms with Crippen LogP contribution in [0.1, 0.15) is 42.1 Å². The van der Waals surface area contributed by atoms with E-state index in [0.29, 0.717) is 28.7 Å². The summed E-state index contributed by atoms with van der Waals surface area (Å²) in [5, 5.41) is 3.54. The summed E-state index contributed by atoms with van der Waals surface area (Å²) in [7, 11) is 3.19. The van der Waals surface area contributed by atoms with Crippen LogP contribution in [0.2, 0.25) is 0 Å². The Morgan fingerprint density at radius 3 is 2.56 bits per heavy atom. The lowest BCUT2D eigenvalue weighted by Gasteiger charge is -2.30. The van der Waals surface area contributed by atoms with Gasteiger partial charge < -0.3 is 19.5 Å². The highest BCUT2D eigenvalue weighted by Crippen LogP contribution is 2.49. The van der Waals surface area contributed by atoms with Crippen molar-refractivity contribution in [2.75, 3.05) is 20.8 Å². The first-order valence-electron chi connectivity index (χ1n) is 9.48. The average molecular weight is 367 g/mol. The summed E-state index contributed by atoms with van der Waals surface area (Å²) in [5.41, 5.74) is 2.86. The van der Waals surface area contributed by atoms with Crippen molar-refractivity contribution in [1.29, 1.82) is 0 Å². The Kier molecular flexibility index (Phi) is 4.79. The third kappa shape index (κ3) is 3.06. The molecule has 2 atom stereocenters. The van der Waals surface area contributed by atoms with Gasteiger partial charge in [0.2, 0.25) is 0 Å². The molecule has 0 spiro atoms. The molecule has 5 nitrogen and oxygen atoms in total.